The minimum Gasteiger partial charge on any atom is -0.465 e. The Morgan fingerprint density at radius 3 is 2.18 bits per heavy atom. The maximum Gasteiger partial charge on any atom is 0.407 e. The van der Waals surface area contributed by atoms with E-state index in [1.807, 2.05) is 0 Å². The summed E-state index contributed by atoms with van der Waals surface area (Å²) in [5.41, 5.74) is 6.30. The molecule has 2 fully saturated rings. The number of amides is 1. The Kier molecular flexibility index (Phi) is 7.50. The van der Waals surface area contributed by atoms with Crippen LogP contribution < -0.4 is 5.73 Å². The molecule has 2 rings (SSSR count). The van der Waals surface area contributed by atoms with Gasteiger partial charge in [0.05, 0.1) is 0 Å². The summed E-state index contributed by atoms with van der Waals surface area (Å²) in [6.45, 7) is 0.692. The first-order valence-corrected chi connectivity index (χ1v) is 9.42. The number of nitrogens with zero attached hydrogens (tertiary/aromatic N) is 1. The van der Waals surface area contributed by atoms with Crippen LogP contribution in [0.15, 0.2) is 0 Å². The summed E-state index contributed by atoms with van der Waals surface area (Å²) in [5.74, 6) is 0.709. The highest BCUT2D eigenvalue weighted by molar-refractivity contribution is 5.65. The van der Waals surface area contributed by atoms with E-state index in [9.17, 15) is 9.90 Å². The molecule has 1 aliphatic carbocycles. The summed E-state index contributed by atoms with van der Waals surface area (Å²) in [5, 5.41) is 9.57. The molecular weight excluding hydrogens is 276 g/mol. The third kappa shape index (κ3) is 5.79. The van der Waals surface area contributed by atoms with Gasteiger partial charge < -0.3 is 15.7 Å². The summed E-state index contributed by atoms with van der Waals surface area (Å²) < 4.78 is 0. The monoisotopic (exact) mass is 310 g/mol. The Morgan fingerprint density at radius 1 is 0.864 bits per heavy atom. The topological polar surface area (TPSA) is 66.6 Å². The molecular formula is C18H34N2O2. The first kappa shape index (κ1) is 17.6. The first-order valence-electron chi connectivity index (χ1n) is 9.42. The maximum absolute atomic E-state index is 11.6. The van der Waals surface area contributed by atoms with Crippen molar-refractivity contribution < 1.29 is 9.90 Å². The Labute approximate surface area is 135 Å². The van der Waals surface area contributed by atoms with E-state index in [0.29, 0.717) is 12.5 Å². The Hall–Kier alpha value is -0.770. The second kappa shape index (κ2) is 9.39. The third-order valence-electron chi connectivity index (χ3n) is 5.57. The standard InChI is InChI=1S/C18H34N2O2/c19-16-13-15-9-7-5-3-1-2-4-6-8-12-20(18(21)22)17(14-16)11-10-15/h15-17H,1-14,19H2,(H,21,22)/t15-,16+,17+/m0/s1. The van der Waals surface area contributed by atoms with Gasteiger partial charge in [0, 0.05) is 18.6 Å². The Balaban J connectivity index is 2.00. The molecule has 0 unspecified atom stereocenters. The molecule has 0 aromatic heterocycles. The molecule has 4 heteroatoms. The van der Waals surface area contributed by atoms with Gasteiger partial charge in [-0.2, -0.15) is 0 Å². The molecule has 2 aliphatic rings. The smallest absolute Gasteiger partial charge is 0.407 e. The molecule has 0 spiro atoms. The van der Waals surface area contributed by atoms with Crippen LogP contribution in [0.2, 0.25) is 0 Å². The van der Waals surface area contributed by atoms with Crippen molar-refractivity contribution in [3.63, 3.8) is 0 Å². The SMILES string of the molecule is N[C@@H]1C[C@H]2CCCCCCCCCCN(C(=O)O)[C@H](CC2)C1. The highest BCUT2D eigenvalue weighted by atomic mass is 16.4. The molecule has 0 radical (unpaired) electrons. The fourth-order valence-corrected chi connectivity index (χ4v) is 4.29. The van der Waals surface area contributed by atoms with Crippen molar-refractivity contribution in [2.45, 2.75) is 95.6 Å². The lowest BCUT2D eigenvalue weighted by Gasteiger charge is -2.29. The van der Waals surface area contributed by atoms with Gasteiger partial charge in [0.2, 0.25) is 0 Å². The van der Waals surface area contributed by atoms with Crippen LogP contribution in [0, 0.1) is 5.92 Å². The van der Waals surface area contributed by atoms with Gasteiger partial charge in [-0.05, 0) is 38.0 Å². The van der Waals surface area contributed by atoms with Crippen molar-refractivity contribution in [3.05, 3.63) is 0 Å². The van der Waals surface area contributed by atoms with E-state index in [2.05, 4.69) is 0 Å². The molecule has 1 amide bonds. The number of rotatable bonds is 0. The maximum atomic E-state index is 11.6. The van der Waals surface area contributed by atoms with Crippen LogP contribution in [-0.2, 0) is 0 Å². The predicted molar refractivity (Wildman–Crippen MR) is 90.0 cm³/mol. The van der Waals surface area contributed by atoms with E-state index in [-0.39, 0.29) is 12.1 Å². The van der Waals surface area contributed by atoms with Crippen LogP contribution in [0.25, 0.3) is 0 Å². The highest BCUT2D eigenvalue weighted by Crippen LogP contribution is 2.30. The Bertz CT molecular complexity index is 335. The fourth-order valence-electron chi connectivity index (χ4n) is 4.29. The summed E-state index contributed by atoms with van der Waals surface area (Å²) in [6.07, 6.45) is 14.7. The molecule has 0 aromatic rings. The minimum atomic E-state index is -0.750. The number of carboxylic acid groups (broad SMARTS) is 1. The number of hydrogen-bond acceptors (Lipinski definition) is 2. The lowest BCUT2D eigenvalue weighted by atomic mass is 9.92. The van der Waals surface area contributed by atoms with Crippen LogP contribution in [0.5, 0.6) is 0 Å². The van der Waals surface area contributed by atoms with Gasteiger partial charge in [-0.25, -0.2) is 4.79 Å². The van der Waals surface area contributed by atoms with Crippen LogP contribution >= 0.6 is 0 Å². The molecule has 3 atom stereocenters. The van der Waals surface area contributed by atoms with E-state index >= 15 is 0 Å². The quantitative estimate of drug-likeness (QED) is 0.698. The van der Waals surface area contributed by atoms with E-state index in [0.717, 1.165) is 38.5 Å². The predicted octanol–water partition coefficient (Wildman–Crippen LogP) is 4.38. The van der Waals surface area contributed by atoms with E-state index in [1.165, 1.54) is 44.9 Å². The van der Waals surface area contributed by atoms with Gasteiger partial charge in [-0.1, -0.05) is 51.4 Å². The summed E-state index contributed by atoms with van der Waals surface area (Å²) in [6, 6.07) is 0.315. The van der Waals surface area contributed by atoms with Crippen LogP contribution in [0.1, 0.15) is 83.5 Å². The summed E-state index contributed by atoms with van der Waals surface area (Å²) >= 11 is 0. The van der Waals surface area contributed by atoms with Gasteiger partial charge in [-0.15, -0.1) is 0 Å². The zero-order valence-corrected chi connectivity index (χ0v) is 14.0. The number of nitrogens with two attached hydrogens (primary N) is 1. The zero-order chi connectivity index (χ0) is 15.8. The zero-order valence-electron chi connectivity index (χ0n) is 14.0. The average Bonchev–Trinajstić information content (AvgIpc) is 2.65. The largest absolute Gasteiger partial charge is 0.465 e. The van der Waals surface area contributed by atoms with Crippen LogP contribution in [0.4, 0.5) is 4.79 Å². The molecule has 2 bridgehead atoms. The van der Waals surface area contributed by atoms with Crippen molar-refractivity contribution in [3.8, 4) is 0 Å². The van der Waals surface area contributed by atoms with Crippen LogP contribution in [-0.4, -0.2) is 34.7 Å². The first-order chi connectivity index (χ1) is 10.7. The lowest BCUT2D eigenvalue weighted by molar-refractivity contribution is 0.116. The second-order valence-corrected chi connectivity index (χ2v) is 7.42. The van der Waals surface area contributed by atoms with Gasteiger partial charge in [-0.3, -0.25) is 0 Å². The lowest BCUT2D eigenvalue weighted by Crippen LogP contribution is -2.42. The minimum absolute atomic E-state index is 0.141. The van der Waals surface area contributed by atoms with Gasteiger partial charge in [0.15, 0.2) is 0 Å². The molecule has 4 nitrogen and oxygen atoms in total. The number of hydrogen-bond donors (Lipinski definition) is 2. The van der Waals surface area contributed by atoms with E-state index in [1.54, 1.807) is 4.90 Å². The molecule has 0 aromatic carbocycles. The molecule has 1 saturated heterocycles. The summed E-state index contributed by atoms with van der Waals surface area (Å²) in [4.78, 5) is 13.3. The second-order valence-electron chi connectivity index (χ2n) is 7.42. The molecule has 22 heavy (non-hydrogen) atoms. The number of carbonyl (C=O) groups is 1. The van der Waals surface area contributed by atoms with E-state index < -0.39 is 6.09 Å². The van der Waals surface area contributed by atoms with Gasteiger partial charge in [0.1, 0.15) is 0 Å². The van der Waals surface area contributed by atoms with Crippen molar-refractivity contribution in [1.82, 2.24) is 4.90 Å². The number of fused-ring (bicyclic) bond motifs is 3. The van der Waals surface area contributed by atoms with Crippen molar-refractivity contribution in [1.29, 1.82) is 0 Å². The summed E-state index contributed by atoms with van der Waals surface area (Å²) in [7, 11) is 0. The molecule has 1 aliphatic heterocycles. The van der Waals surface area contributed by atoms with Crippen molar-refractivity contribution >= 4 is 6.09 Å². The highest BCUT2D eigenvalue weighted by Gasteiger charge is 2.29. The van der Waals surface area contributed by atoms with Crippen molar-refractivity contribution in [2.75, 3.05) is 6.54 Å². The van der Waals surface area contributed by atoms with Crippen LogP contribution in [0.3, 0.4) is 0 Å². The molecule has 1 saturated carbocycles. The molecule has 1 heterocycles. The normalized spacial score (nSPS) is 32.8. The Morgan fingerprint density at radius 2 is 1.50 bits per heavy atom. The fraction of sp³-hybridized carbons (Fsp3) is 0.944. The van der Waals surface area contributed by atoms with Gasteiger partial charge in [0.25, 0.3) is 0 Å². The average molecular weight is 310 g/mol. The van der Waals surface area contributed by atoms with Crippen molar-refractivity contribution in [2.24, 2.45) is 11.7 Å². The molecule has 128 valence electrons. The van der Waals surface area contributed by atoms with Gasteiger partial charge >= 0.3 is 6.09 Å². The van der Waals surface area contributed by atoms with E-state index in [4.69, 9.17) is 5.73 Å². The third-order valence-corrected chi connectivity index (χ3v) is 5.57. The molecule has 3 N–H and O–H groups in total.